The van der Waals surface area contributed by atoms with Gasteiger partial charge >= 0.3 is 5.97 Å². The van der Waals surface area contributed by atoms with Crippen molar-refractivity contribution in [3.05, 3.63) is 65.7 Å². The summed E-state index contributed by atoms with van der Waals surface area (Å²) >= 11 is 0. The number of benzene rings is 2. The Morgan fingerprint density at radius 2 is 1.74 bits per heavy atom. The molecule has 0 spiro atoms. The van der Waals surface area contributed by atoms with Crippen LogP contribution in [0, 0.1) is 5.92 Å². The van der Waals surface area contributed by atoms with E-state index in [1.54, 1.807) is 55.6 Å². The van der Waals surface area contributed by atoms with Crippen molar-refractivity contribution in [3.63, 3.8) is 0 Å². The van der Waals surface area contributed by atoms with Crippen LogP contribution in [0.4, 0.5) is 5.69 Å². The highest BCUT2D eigenvalue weighted by molar-refractivity contribution is 6.08. The molecule has 1 amide bonds. The molecule has 0 saturated heterocycles. The maximum atomic E-state index is 12.6. The van der Waals surface area contributed by atoms with E-state index < -0.39 is 23.4 Å². The minimum atomic E-state index is -2.06. The number of amides is 1. The number of likely N-dealkylation sites (N-methyl/N-ethyl adjacent to an activating group) is 1. The summed E-state index contributed by atoms with van der Waals surface area (Å²) in [7, 11) is 1.54. The van der Waals surface area contributed by atoms with Gasteiger partial charge in [0.05, 0.1) is 5.69 Å². The molecule has 0 fully saturated rings. The summed E-state index contributed by atoms with van der Waals surface area (Å²) in [6.45, 7) is 0. The highest BCUT2D eigenvalue weighted by atomic mass is 16.4. The van der Waals surface area contributed by atoms with Crippen LogP contribution in [0.2, 0.25) is 0 Å². The summed E-state index contributed by atoms with van der Waals surface area (Å²) in [5.41, 5.74) is -0.421. The van der Waals surface area contributed by atoms with Gasteiger partial charge in [-0.15, -0.1) is 0 Å². The molecule has 0 aliphatic carbocycles. The Bertz CT molecular complexity index is 759. The topological polar surface area (TPSA) is 77.8 Å². The van der Waals surface area contributed by atoms with Crippen molar-refractivity contribution >= 4 is 17.6 Å². The van der Waals surface area contributed by atoms with Crippen molar-refractivity contribution in [1.29, 1.82) is 0 Å². The van der Waals surface area contributed by atoms with Crippen molar-refractivity contribution in [1.82, 2.24) is 0 Å². The van der Waals surface area contributed by atoms with E-state index in [-0.39, 0.29) is 6.42 Å². The molecular formula is C18H17NO4. The van der Waals surface area contributed by atoms with Crippen LogP contribution in [0.25, 0.3) is 0 Å². The molecule has 2 aromatic carbocycles. The van der Waals surface area contributed by atoms with Gasteiger partial charge in [0.15, 0.2) is 5.60 Å². The summed E-state index contributed by atoms with van der Waals surface area (Å²) in [6.07, 6.45) is 0.0700. The second-order valence-electron chi connectivity index (χ2n) is 5.73. The lowest BCUT2D eigenvalue weighted by Gasteiger charge is -2.28. The smallest absolute Gasteiger partial charge is 0.310 e. The second kappa shape index (κ2) is 5.52. The van der Waals surface area contributed by atoms with Crippen LogP contribution in [-0.4, -0.2) is 29.1 Å². The fourth-order valence-electron chi connectivity index (χ4n) is 3.17. The van der Waals surface area contributed by atoms with E-state index in [0.717, 1.165) is 5.56 Å². The third-order valence-electron chi connectivity index (χ3n) is 4.39. The molecule has 1 aliphatic heterocycles. The van der Waals surface area contributed by atoms with Crippen molar-refractivity contribution in [3.8, 4) is 0 Å². The normalized spacial score (nSPS) is 21.1. The Kier molecular flexibility index (Phi) is 3.66. The Balaban J connectivity index is 2.09. The maximum absolute atomic E-state index is 12.6. The van der Waals surface area contributed by atoms with Gasteiger partial charge in [-0.1, -0.05) is 48.5 Å². The zero-order chi connectivity index (χ0) is 16.6. The van der Waals surface area contributed by atoms with Gasteiger partial charge in [-0.2, -0.15) is 0 Å². The Hall–Kier alpha value is -2.66. The number of nitrogens with zero attached hydrogens (tertiary/aromatic N) is 1. The van der Waals surface area contributed by atoms with Gasteiger partial charge in [0.25, 0.3) is 5.91 Å². The van der Waals surface area contributed by atoms with Crippen LogP contribution in [-0.2, 0) is 21.6 Å². The monoisotopic (exact) mass is 311 g/mol. The van der Waals surface area contributed by atoms with Crippen molar-refractivity contribution in [2.45, 2.75) is 12.0 Å². The lowest BCUT2D eigenvalue weighted by molar-refractivity contribution is -0.160. The lowest BCUT2D eigenvalue weighted by atomic mass is 9.78. The number of aliphatic hydroxyl groups is 1. The van der Waals surface area contributed by atoms with Gasteiger partial charge in [-0.25, -0.2) is 0 Å². The van der Waals surface area contributed by atoms with Gasteiger partial charge in [0.1, 0.15) is 5.92 Å². The molecule has 2 unspecified atom stereocenters. The molecule has 1 heterocycles. The molecule has 0 saturated carbocycles. The number of carboxylic acids is 1. The van der Waals surface area contributed by atoms with Gasteiger partial charge in [0, 0.05) is 12.6 Å². The van der Waals surface area contributed by atoms with Crippen LogP contribution in [0.5, 0.6) is 0 Å². The van der Waals surface area contributed by atoms with E-state index >= 15 is 0 Å². The number of carbonyl (C=O) groups is 2. The van der Waals surface area contributed by atoms with Gasteiger partial charge in [-0.05, 0) is 18.1 Å². The molecule has 118 valence electrons. The van der Waals surface area contributed by atoms with Crippen molar-refractivity contribution in [2.24, 2.45) is 5.92 Å². The molecule has 2 aromatic rings. The molecule has 5 heteroatoms. The summed E-state index contributed by atoms with van der Waals surface area (Å²) in [5.74, 6) is -3.07. The first-order valence-electron chi connectivity index (χ1n) is 7.33. The number of fused-ring (bicyclic) bond motifs is 1. The Morgan fingerprint density at radius 3 is 2.39 bits per heavy atom. The number of rotatable bonds is 4. The standard InChI is InChI=1S/C18H17NO4/c1-19-15-10-6-5-9-13(15)18(23,17(19)22)14(16(20)21)11-12-7-3-2-4-8-12/h2-10,14,23H,11H2,1H3,(H,20,21). The number of carbonyl (C=O) groups excluding carboxylic acids is 1. The van der Waals surface area contributed by atoms with Gasteiger partial charge < -0.3 is 15.1 Å². The van der Waals surface area contributed by atoms with Crippen molar-refractivity contribution in [2.75, 3.05) is 11.9 Å². The van der Waals surface area contributed by atoms with E-state index in [1.807, 2.05) is 6.07 Å². The lowest BCUT2D eigenvalue weighted by Crippen LogP contribution is -2.48. The predicted octanol–water partition coefficient (Wildman–Crippen LogP) is 1.79. The van der Waals surface area contributed by atoms with E-state index in [0.29, 0.717) is 11.3 Å². The number of para-hydroxylation sites is 1. The molecule has 2 atom stereocenters. The molecule has 0 radical (unpaired) electrons. The van der Waals surface area contributed by atoms with E-state index in [2.05, 4.69) is 0 Å². The zero-order valence-electron chi connectivity index (χ0n) is 12.6. The fourth-order valence-corrected chi connectivity index (χ4v) is 3.17. The number of hydrogen-bond donors (Lipinski definition) is 2. The predicted molar refractivity (Wildman–Crippen MR) is 85.0 cm³/mol. The number of anilines is 1. The SMILES string of the molecule is CN1C(=O)C(O)(C(Cc2ccccc2)C(=O)O)c2ccccc21. The number of carboxylic acid groups (broad SMARTS) is 1. The second-order valence-corrected chi connectivity index (χ2v) is 5.73. The van der Waals surface area contributed by atoms with Crippen molar-refractivity contribution < 1.29 is 19.8 Å². The van der Waals surface area contributed by atoms with E-state index in [4.69, 9.17) is 0 Å². The number of hydrogen-bond acceptors (Lipinski definition) is 3. The minimum Gasteiger partial charge on any atom is -0.481 e. The maximum Gasteiger partial charge on any atom is 0.310 e. The van der Waals surface area contributed by atoms with Crippen LogP contribution in [0.3, 0.4) is 0 Å². The Morgan fingerprint density at radius 1 is 1.13 bits per heavy atom. The molecule has 2 N–H and O–H groups in total. The first-order valence-corrected chi connectivity index (χ1v) is 7.33. The molecular weight excluding hydrogens is 294 g/mol. The minimum absolute atomic E-state index is 0.0700. The highest BCUT2D eigenvalue weighted by Crippen LogP contribution is 2.44. The summed E-state index contributed by atoms with van der Waals surface area (Å²) < 4.78 is 0. The van der Waals surface area contributed by atoms with Gasteiger partial charge in [0.2, 0.25) is 0 Å². The molecule has 0 bridgehead atoms. The summed E-state index contributed by atoms with van der Waals surface area (Å²) in [4.78, 5) is 25.8. The average molecular weight is 311 g/mol. The number of aliphatic carboxylic acids is 1. The quantitative estimate of drug-likeness (QED) is 0.902. The first kappa shape index (κ1) is 15.2. The van der Waals surface area contributed by atoms with Crippen LogP contribution in [0.1, 0.15) is 11.1 Å². The highest BCUT2D eigenvalue weighted by Gasteiger charge is 2.56. The van der Waals surface area contributed by atoms with Crippen LogP contribution >= 0.6 is 0 Å². The zero-order valence-corrected chi connectivity index (χ0v) is 12.6. The molecule has 0 aromatic heterocycles. The summed E-state index contributed by atoms with van der Waals surface area (Å²) in [5, 5.41) is 20.8. The molecule has 1 aliphatic rings. The fraction of sp³-hybridized carbons (Fsp3) is 0.222. The first-order chi connectivity index (χ1) is 11.0. The van der Waals surface area contributed by atoms with E-state index in [1.165, 1.54) is 4.90 Å². The average Bonchev–Trinajstić information content (AvgIpc) is 2.76. The van der Waals surface area contributed by atoms with Gasteiger partial charge in [-0.3, -0.25) is 9.59 Å². The Labute approximate surface area is 133 Å². The third kappa shape index (κ3) is 2.29. The largest absolute Gasteiger partial charge is 0.481 e. The molecule has 5 nitrogen and oxygen atoms in total. The third-order valence-corrected chi connectivity index (χ3v) is 4.39. The van der Waals surface area contributed by atoms with Crippen LogP contribution < -0.4 is 4.90 Å². The van der Waals surface area contributed by atoms with Crippen LogP contribution in [0.15, 0.2) is 54.6 Å². The van der Waals surface area contributed by atoms with E-state index in [9.17, 15) is 19.8 Å². The summed E-state index contributed by atoms with van der Waals surface area (Å²) in [6, 6.07) is 15.8. The molecule has 23 heavy (non-hydrogen) atoms. The molecule has 3 rings (SSSR count).